The molecule has 2 aliphatic rings. The molecule has 0 saturated heterocycles. The van der Waals surface area contributed by atoms with E-state index in [0.717, 1.165) is 23.7 Å². The zero-order valence-electron chi connectivity index (χ0n) is 12.9. The molecule has 0 spiro atoms. The van der Waals surface area contributed by atoms with Crippen molar-refractivity contribution in [2.24, 2.45) is 23.7 Å². The Morgan fingerprint density at radius 1 is 1.22 bits per heavy atom. The quantitative estimate of drug-likeness (QED) is 0.629. The van der Waals surface area contributed by atoms with E-state index in [2.05, 4.69) is 46.0 Å². The molecule has 2 aliphatic carbocycles. The van der Waals surface area contributed by atoms with Crippen LogP contribution in [0.4, 0.5) is 0 Å². The van der Waals surface area contributed by atoms with Gasteiger partial charge in [0.2, 0.25) is 0 Å². The molecule has 0 aromatic carbocycles. The summed E-state index contributed by atoms with van der Waals surface area (Å²) in [5, 5.41) is 1.78. The summed E-state index contributed by atoms with van der Waals surface area (Å²) in [7, 11) is -0.567. The molecule has 102 valence electrons. The topological polar surface area (TPSA) is 0 Å². The lowest BCUT2D eigenvalue weighted by molar-refractivity contribution is 0.172. The molecule has 1 saturated carbocycles. The van der Waals surface area contributed by atoms with Crippen molar-refractivity contribution < 1.29 is 0 Å². The smallest absolute Gasteiger partial charge is 0.0599 e. The second-order valence-electron chi connectivity index (χ2n) is 7.21. The number of allylic oxidation sites excluding steroid dienone is 4. The molecule has 0 bridgehead atoms. The fraction of sp³-hybridized carbons (Fsp3) is 0.765. The van der Waals surface area contributed by atoms with Crippen molar-refractivity contribution in [3.8, 4) is 0 Å². The molecule has 0 radical (unpaired) electrons. The van der Waals surface area contributed by atoms with Crippen molar-refractivity contribution in [2.45, 2.75) is 59.5 Å². The highest BCUT2D eigenvalue weighted by atomic mass is 28.3. The van der Waals surface area contributed by atoms with Crippen molar-refractivity contribution in [2.75, 3.05) is 0 Å². The van der Waals surface area contributed by atoms with Gasteiger partial charge in [0.25, 0.3) is 0 Å². The molecule has 0 amide bonds. The second kappa shape index (κ2) is 5.77. The van der Waals surface area contributed by atoms with Gasteiger partial charge >= 0.3 is 0 Å². The lowest BCUT2D eigenvalue weighted by Crippen LogP contribution is -2.28. The summed E-state index contributed by atoms with van der Waals surface area (Å²) in [5.74, 6) is 3.56. The first-order chi connectivity index (χ1) is 8.49. The Morgan fingerprint density at radius 3 is 2.50 bits per heavy atom. The minimum Gasteiger partial charge on any atom is -0.0806 e. The van der Waals surface area contributed by atoms with E-state index in [9.17, 15) is 0 Å². The predicted molar refractivity (Wildman–Crippen MR) is 84.5 cm³/mol. The van der Waals surface area contributed by atoms with Gasteiger partial charge < -0.3 is 0 Å². The van der Waals surface area contributed by atoms with Crippen molar-refractivity contribution >= 4 is 8.80 Å². The molecule has 1 fully saturated rings. The highest BCUT2D eigenvalue weighted by molar-refractivity contribution is 6.64. The van der Waals surface area contributed by atoms with Crippen LogP contribution in [0.15, 0.2) is 22.9 Å². The monoisotopic (exact) mass is 262 g/mol. The summed E-state index contributed by atoms with van der Waals surface area (Å²) in [6.45, 7) is 12.2. The summed E-state index contributed by atoms with van der Waals surface area (Å²) < 4.78 is 0. The number of hydrogen-bond acceptors (Lipinski definition) is 0. The molecule has 3 atom stereocenters. The molecule has 0 aromatic heterocycles. The third kappa shape index (κ3) is 2.99. The summed E-state index contributed by atoms with van der Waals surface area (Å²) in [6.07, 6.45) is 10.7. The van der Waals surface area contributed by atoms with Crippen molar-refractivity contribution in [1.82, 2.24) is 0 Å². The largest absolute Gasteiger partial charge is 0.0806 e. The molecule has 0 aromatic rings. The molecule has 1 heteroatoms. The minimum atomic E-state index is -0.567. The molecule has 0 aliphatic heterocycles. The van der Waals surface area contributed by atoms with Gasteiger partial charge in [0.15, 0.2) is 0 Å². The van der Waals surface area contributed by atoms with E-state index in [1.165, 1.54) is 25.7 Å². The Hall–Kier alpha value is -0.303. The maximum Gasteiger partial charge on any atom is 0.0599 e. The van der Waals surface area contributed by atoms with Gasteiger partial charge in [-0.15, -0.1) is 0 Å². The van der Waals surface area contributed by atoms with Crippen LogP contribution in [-0.2, 0) is 0 Å². The zero-order valence-corrected chi connectivity index (χ0v) is 14.0. The average Bonchev–Trinajstić information content (AvgIpc) is 2.77. The third-order valence-corrected chi connectivity index (χ3v) is 7.00. The van der Waals surface area contributed by atoms with E-state index < -0.39 is 8.80 Å². The summed E-state index contributed by atoms with van der Waals surface area (Å²) in [6, 6.07) is 0. The van der Waals surface area contributed by atoms with E-state index >= 15 is 0 Å². The number of hydrogen-bond donors (Lipinski definition) is 0. The van der Waals surface area contributed by atoms with Crippen molar-refractivity contribution in [3.05, 3.63) is 22.9 Å². The maximum absolute atomic E-state index is 2.59. The van der Waals surface area contributed by atoms with Gasteiger partial charge in [-0.1, -0.05) is 57.6 Å². The Morgan fingerprint density at radius 2 is 1.94 bits per heavy atom. The fourth-order valence-corrected chi connectivity index (χ4v) is 4.93. The standard InChI is InChI=1S/C17H30Si/c1-12(2)16-9-6-13(3)10-17(16)14-7-8-15(11-14)18(4)5/h7,11-13,16-18H,6,8-10H2,1-5H3. The maximum atomic E-state index is 2.59. The van der Waals surface area contributed by atoms with Gasteiger partial charge in [-0.3, -0.25) is 0 Å². The minimum absolute atomic E-state index is 0.567. The first kappa shape index (κ1) is 14.1. The van der Waals surface area contributed by atoms with Crippen LogP contribution < -0.4 is 0 Å². The van der Waals surface area contributed by atoms with Gasteiger partial charge in [-0.05, 0) is 48.5 Å². The van der Waals surface area contributed by atoms with E-state index in [-0.39, 0.29) is 0 Å². The predicted octanol–water partition coefficient (Wildman–Crippen LogP) is 4.98. The summed E-state index contributed by atoms with van der Waals surface area (Å²) in [5.41, 5.74) is 1.71. The van der Waals surface area contributed by atoms with Crippen molar-refractivity contribution in [3.63, 3.8) is 0 Å². The van der Waals surface area contributed by atoms with Crippen molar-refractivity contribution in [1.29, 1.82) is 0 Å². The Labute approximate surface area is 115 Å². The molecule has 2 rings (SSSR count). The van der Waals surface area contributed by atoms with Crippen LogP contribution >= 0.6 is 0 Å². The van der Waals surface area contributed by atoms with Crippen LogP contribution in [0.5, 0.6) is 0 Å². The molecular weight excluding hydrogens is 232 g/mol. The Balaban J connectivity index is 2.14. The fourth-order valence-electron chi connectivity index (χ4n) is 3.81. The van der Waals surface area contributed by atoms with Crippen LogP contribution in [0.2, 0.25) is 13.1 Å². The summed E-state index contributed by atoms with van der Waals surface area (Å²) in [4.78, 5) is 0. The first-order valence-corrected chi connectivity index (χ1v) is 10.8. The van der Waals surface area contributed by atoms with Gasteiger partial charge in [-0.2, -0.15) is 0 Å². The number of rotatable bonds is 3. The Bertz CT molecular complexity index is 349. The van der Waals surface area contributed by atoms with Crippen LogP contribution in [0.3, 0.4) is 0 Å². The average molecular weight is 263 g/mol. The summed E-state index contributed by atoms with van der Waals surface area (Å²) >= 11 is 0. The highest BCUT2D eigenvalue weighted by Gasteiger charge is 2.33. The van der Waals surface area contributed by atoms with E-state index in [4.69, 9.17) is 0 Å². The zero-order chi connectivity index (χ0) is 13.3. The van der Waals surface area contributed by atoms with E-state index in [1.54, 1.807) is 10.8 Å². The molecule has 0 nitrogen and oxygen atoms in total. The third-order valence-electron chi connectivity index (χ3n) is 5.12. The van der Waals surface area contributed by atoms with Crippen LogP contribution in [0.25, 0.3) is 0 Å². The van der Waals surface area contributed by atoms with Gasteiger partial charge in [0, 0.05) is 0 Å². The normalized spacial score (nSPS) is 32.9. The van der Waals surface area contributed by atoms with Gasteiger partial charge in [0.05, 0.1) is 8.80 Å². The highest BCUT2D eigenvalue weighted by Crippen LogP contribution is 2.43. The van der Waals surface area contributed by atoms with Gasteiger partial charge in [0.1, 0.15) is 0 Å². The molecule has 18 heavy (non-hydrogen) atoms. The lowest BCUT2D eigenvalue weighted by atomic mass is 9.67. The van der Waals surface area contributed by atoms with E-state index in [1.807, 2.05) is 0 Å². The van der Waals surface area contributed by atoms with Crippen LogP contribution in [0, 0.1) is 23.7 Å². The molecular formula is C17H30Si. The SMILES string of the molecule is CC1CCC(C(C)C)C(C2=CCC([SiH](C)C)=C2)C1. The van der Waals surface area contributed by atoms with Gasteiger partial charge in [-0.25, -0.2) is 0 Å². The van der Waals surface area contributed by atoms with Crippen LogP contribution in [0.1, 0.15) is 46.5 Å². The Kier molecular flexibility index (Phi) is 4.53. The molecule has 0 N–H and O–H groups in total. The second-order valence-corrected chi connectivity index (χ2v) is 10.3. The molecule has 3 unspecified atom stereocenters. The first-order valence-electron chi connectivity index (χ1n) is 7.89. The molecule has 0 heterocycles. The van der Waals surface area contributed by atoms with Crippen LogP contribution in [-0.4, -0.2) is 8.80 Å². The lowest BCUT2D eigenvalue weighted by Gasteiger charge is -2.38. The van der Waals surface area contributed by atoms with E-state index in [0.29, 0.717) is 0 Å².